The van der Waals surface area contributed by atoms with E-state index in [1.165, 1.54) is 0 Å². The van der Waals surface area contributed by atoms with Crippen molar-refractivity contribution >= 4 is 11.6 Å². The maximum atomic E-state index is 5.89. The highest BCUT2D eigenvalue weighted by atomic mass is 35.5. The van der Waals surface area contributed by atoms with Gasteiger partial charge in [0.05, 0.1) is 7.11 Å². The Labute approximate surface area is 71.9 Å². The van der Waals surface area contributed by atoms with Crippen LogP contribution in [0.4, 0.5) is 0 Å². The van der Waals surface area contributed by atoms with E-state index in [4.69, 9.17) is 16.3 Å². The lowest BCUT2D eigenvalue weighted by Gasteiger charge is -2.03. The van der Waals surface area contributed by atoms with E-state index in [9.17, 15) is 0 Å². The zero-order valence-corrected chi connectivity index (χ0v) is 7.19. The lowest BCUT2D eigenvalue weighted by Crippen LogP contribution is -1.85. The molecule has 1 radical (unpaired) electrons. The van der Waals surface area contributed by atoms with Crippen molar-refractivity contribution in [3.8, 4) is 5.75 Å². The van der Waals surface area contributed by atoms with Crippen molar-refractivity contribution in [2.24, 2.45) is 0 Å². The molecule has 0 aliphatic heterocycles. The molecule has 0 heterocycles. The second-order valence-electron chi connectivity index (χ2n) is 2.21. The van der Waals surface area contributed by atoms with Gasteiger partial charge in [0.15, 0.2) is 0 Å². The summed E-state index contributed by atoms with van der Waals surface area (Å²) in [5.74, 6) is 0.784. The summed E-state index contributed by atoms with van der Waals surface area (Å²) in [4.78, 5) is 0. The summed E-state index contributed by atoms with van der Waals surface area (Å²) in [5.41, 5.74) is 1.05. The highest BCUT2D eigenvalue weighted by Gasteiger charge is 1.98. The van der Waals surface area contributed by atoms with Gasteiger partial charge in [-0.3, -0.25) is 0 Å². The maximum absolute atomic E-state index is 5.89. The average molecular weight is 170 g/mol. The van der Waals surface area contributed by atoms with Gasteiger partial charge >= 0.3 is 0 Å². The number of benzene rings is 1. The molecule has 0 bridgehead atoms. The van der Waals surface area contributed by atoms with Crippen LogP contribution in [0.25, 0.3) is 0 Å². The summed E-state index contributed by atoms with van der Waals surface area (Å²) in [6.07, 6.45) is 0.711. The van der Waals surface area contributed by atoms with Crippen LogP contribution in [-0.4, -0.2) is 7.11 Å². The molecule has 2 heteroatoms. The van der Waals surface area contributed by atoms with Crippen molar-refractivity contribution in [1.82, 2.24) is 0 Å². The van der Waals surface area contributed by atoms with Crippen LogP contribution in [0, 0.1) is 6.92 Å². The van der Waals surface area contributed by atoms with Gasteiger partial charge in [0.2, 0.25) is 0 Å². The van der Waals surface area contributed by atoms with E-state index in [0.717, 1.165) is 16.3 Å². The van der Waals surface area contributed by atoms with Gasteiger partial charge in [-0.2, -0.15) is 0 Å². The van der Waals surface area contributed by atoms with Crippen molar-refractivity contribution in [3.05, 3.63) is 35.7 Å². The minimum atomic E-state index is 0.711. The third kappa shape index (κ3) is 1.87. The lowest BCUT2D eigenvalue weighted by molar-refractivity contribution is 0.414. The summed E-state index contributed by atoms with van der Waals surface area (Å²) in [7, 11) is 1.62. The molecule has 0 amide bonds. The summed E-state index contributed by atoms with van der Waals surface area (Å²) in [6, 6.07) is 5.60. The van der Waals surface area contributed by atoms with Gasteiger partial charge in [0, 0.05) is 5.02 Å². The Bertz CT molecular complexity index is 245. The summed E-state index contributed by atoms with van der Waals surface area (Å²) < 4.78 is 4.99. The molecule has 0 fully saturated rings. The van der Waals surface area contributed by atoms with Crippen LogP contribution in [0.3, 0.4) is 0 Å². The first-order valence-corrected chi connectivity index (χ1v) is 3.77. The van der Waals surface area contributed by atoms with E-state index in [1.807, 2.05) is 12.1 Å². The Morgan fingerprint density at radius 2 is 2.27 bits per heavy atom. The molecule has 59 valence electrons. The fraction of sp³-hybridized carbons (Fsp3) is 0.222. The number of hydrogen-bond acceptors (Lipinski definition) is 1. The third-order valence-corrected chi connectivity index (χ3v) is 1.88. The summed E-state index contributed by atoms with van der Waals surface area (Å²) >= 11 is 5.89. The lowest BCUT2D eigenvalue weighted by atomic mass is 10.2. The minimum absolute atomic E-state index is 0.711. The average Bonchev–Trinajstić information content (AvgIpc) is 2.04. The Morgan fingerprint density at radius 3 is 2.73 bits per heavy atom. The Hall–Kier alpha value is -0.690. The molecule has 0 N–H and O–H groups in total. The van der Waals surface area contributed by atoms with Gasteiger partial charge in [-0.1, -0.05) is 17.7 Å². The Kier molecular flexibility index (Phi) is 2.77. The minimum Gasteiger partial charge on any atom is -0.497 e. The van der Waals surface area contributed by atoms with Gasteiger partial charge in [-0.25, -0.2) is 0 Å². The first-order chi connectivity index (χ1) is 5.27. The van der Waals surface area contributed by atoms with Crippen LogP contribution in [0.1, 0.15) is 5.56 Å². The zero-order valence-electron chi connectivity index (χ0n) is 6.43. The highest BCUT2D eigenvalue weighted by Crippen LogP contribution is 2.22. The standard InChI is InChI=1S/C9H10ClO/c1-3-7-4-5-8(11-2)6-9(7)10/h4-6H,1,3H2,2H3. The molecule has 0 aromatic heterocycles. The normalized spacial score (nSPS) is 9.73. The molecule has 0 aliphatic carbocycles. The zero-order chi connectivity index (χ0) is 8.27. The van der Waals surface area contributed by atoms with E-state index in [0.29, 0.717) is 6.42 Å². The number of methoxy groups -OCH3 is 1. The van der Waals surface area contributed by atoms with Crippen LogP contribution in [0.15, 0.2) is 18.2 Å². The van der Waals surface area contributed by atoms with E-state index in [1.54, 1.807) is 13.2 Å². The molecular formula is C9H10ClO. The van der Waals surface area contributed by atoms with Gasteiger partial charge in [0.25, 0.3) is 0 Å². The van der Waals surface area contributed by atoms with Crippen molar-refractivity contribution < 1.29 is 4.74 Å². The Morgan fingerprint density at radius 1 is 1.55 bits per heavy atom. The first-order valence-electron chi connectivity index (χ1n) is 3.39. The third-order valence-electron chi connectivity index (χ3n) is 1.53. The smallest absolute Gasteiger partial charge is 0.120 e. The molecule has 11 heavy (non-hydrogen) atoms. The van der Waals surface area contributed by atoms with Crippen LogP contribution in [0.5, 0.6) is 5.75 Å². The largest absolute Gasteiger partial charge is 0.497 e. The van der Waals surface area contributed by atoms with Crippen LogP contribution in [0.2, 0.25) is 5.02 Å². The van der Waals surface area contributed by atoms with Crippen LogP contribution in [-0.2, 0) is 6.42 Å². The van der Waals surface area contributed by atoms with Crippen molar-refractivity contribution in [3.63, 3.8) is 0 Å². The Balaban J connectivity index is 2.99. The monoisotopic (exact) mass is 169 g/mol. The fourth-order valence-corrected chi connectivity index (χ4v) is 1.12. The van der Waals surface area contributed by atoms with Crippen molar-refractivity contribution in [2.75, 3.05) is 7.11 Å². The summed E-state index contributed by atoms with van der Waals surface area (Å²) in [6.45, 7) is 3.75. The fourth-order valence-electron chi connectivity index (χ4n) is 0.858. The van der Waals surface area contributed by atoms with Gasteiger partial charge < -0.3 is 4.74 Å². The predicted molar refractivity (Wildman–Crippen MR) is 47.1 cm³/mol. The van der Waals surface area contributed by atoms with Gasteiger partial charge in [-0.05, 0) is 31.0 Å². The molecule has 0 unspecified atom stereocenters. The number of ether oxygens (including phenoxy) is 1. The second kappa shape index (κ2) is 3.63. The molecule has 0 spiro atoms. The molecule has 1 aromatic rings. The highest BCUT2D eigenvalue weighted by molar-refractivity contribution is 6.31. The molecule has 0 atom stereocenters. The van der Waals surface area contributed by atoms with E-state index >= 15 is 0 Å². The van der Waals surface area contributed by atoms with Crippen molar-refractivity contribution in [1.29, 1.82) is 0 Å². The quantitative estimate of drug-likeness (QED) is 0.662. The number of hydrogen-bond donors (Lipinski definition) is 0. The summed E-state index contributed by atoms with van der Waals surface area (Å²) in [5, 5.41) is 0.722. The van der Waals surface area contributed by atoms with Crippen LogP contribution < -0.4 is 4.74 Å². The first kappa shape index (κ1) is 8.41. The molecule has 0 aliphatic rings. The SMILES string of the molecule is [CH2]Cc1ccc(OC)cc1Cl. The number of rotatable bonds is 2. The predicted octanol–water partition coefficient (Wildman–Crippen LogP) is 2.73. The molecular weight excluding hydrogens is 160 g/mol. The number of halogens is 1. The molecule has 0 saturated carbocycles. The molecule has 1 nitrogen and oxygen atoms in total. The second-order valence-corrected chi connectivity index (χ2v) is 2.61. The van der Waals surface area contributed by atoms with Gasteiger partial charge in [-0.15, -0.1) is 0 Å². The van der Waals surface area contributed by atoms with Crippen LogP contribution >= 0.6 is 11.6 Å². The maximum Gasteiger partial charge on any atom is 0.120 e. The van der Waals surface area contributed by atoms with Gasteiger partial charge in [0.1, 0.15) is 5.75 Å². The molecule has 1 rings (SSSR count). The topological polar surface area (TPSA) is 9.23 Å². The van der Waals surface area contributed by atoms with Crippen molar-refractivity contribution in [2.45, 2.75) is 6.42 Å². The van der Waals surface area contributed by atoms with E-state index in [-0.39, 0.29) is 0 Å². The van der Waals surface area contributed by atoms with E-state index in [2.05, 4.69) is 6.92 Å². The van der Waals surface area contributed by atoms with E-state index < -0.39 is 0 Å². The molecule has 1 aromatic carbocycles. The molecule has 0 saturated heterocycles.